The summed E-state index contributed by atoms with van der Waals surface area (Å²) in [5.41, 5.74) is 2.86. The molecule has 0 aromatic carbocycles. The van der Waals surface area contributed by atoms with E-state index < -0.39 is 0 Å². The maximum Gasteiger partial charge on any atom is 0.0847 e. The number of halogens is 1. The Hall–Kier alpha value is -0.980. The molecule has 2 rings (SSSR count). The standard InChI is InChI=1S/C11H16ClN5S/c1-6-10(12)9(17(4)15-6)5-8(13-3)11-7(2)14-16-18-11/h8,13H,5H2,1-4H3. The minimum absolute atomic E-state index is 0.164. The van der Waals surface area contributed by atoms with Crippen molar-refractivity contribution >= 4 is 23.1 Å². The van der Waals surface area contributed by atoms with Crippen LogP contribution in [-0.2, 0) is 13.5 Å². The van der Waals surface area contributed by atoms with Crippen molar-refractivity contribution in [3.63, 3.8) is 0 Å². The van der Waals surface area contributed by atoms with Crippen molar-refractivity contribution < 1.29 is 0 Å². The fourth-order valence-corrected chi connectivity index (χ4v) is 2.97. The van der Waals surface area contributed by atoms with Gasteiger partial charge < -0.3 is 5.32 Å². The van der Waals surface area contributed by atoms with E-state index in [1.807, 2.05) is 32.6 Å². The molecule has 2 heterocycles. The fraction of sp³-hybridized carbons (Fsp3) is 0.545. The Morgan fingerprint density at radius 3 is 2.56 bits per heavy atom. The highest BCUT2D eigenvalue weighted by Gasteiger charge is 2.20. The Morgan fingerprint density at radius 1 is 1.39 bits per heavy atom. The SMILES string of the molecule is CNC(Cc1c(Cl)c(C)nn1C)c1snnc1C. The quantitative estimate of drug-likeness (QED) is 0.934. The van der Waals surface area contributed by atoms with Gasteiger partial charge in [-0.25, -0.2) is 0 Å². The third kappa shape index (κ3) is 2.41. The van der Waals surface area contributed by atoms with Crippen molar-refractivity contribution in [1.29, 1.82) is 0 Å². The lowest BCUT2D eigenvalue weighted by Gasteiger charge is -2.15. The summed E-state index contributed by atoms with van der Waals surface area (Å²) in [7, 11) is 3.85. The Bertz CT molecular complexity index is 548. The summed E-state index contributed by atoms with van der Waals surface area (Å²) in [6, 6.07) is 0.164. The summed E-state index contributed by atoms with van der Waals surface area (Å²) < 4.78 is 5.82. The molecule has 18 heavy (non-hydrogen) atoms. The van der Waals surface area contributed by atoms with E-state index >= 15 is 0 Å². The normalized spacial score (nSPS) is 12.9. The van der Waals surface area contributed by atoms with Gasteiger partial charge in [-0.05, 0) is 32.4 Å². The largest absolute Gasteiger partial charge is 0.312 e. The van der Waals surface area contributed by atoms with Crippen LogP contribution in [0.5, 0.6) is 0 Å². The number of hydrogen-bond acceptors (Lipinski definition) is 5. The molecule has 2 aromatic rings. The number of rotatable bonds is 4. The molecule has 0 bridgehead atoms. The number of likely N-dealkylation sites (N-methyl/N-ethyl adjacent to an activating group) is 1. The molecule has 2 aromatic heterocycles. The van der Waals surface area contributed by atoms with E-state index in [0.717, 1.165) is 33.4 Å². The molecule has 0 radical (unpaired) electrons. The lowest BCUT2D eigenvalue weighted by Crippen LogP contribution is -2.20. The van der Waals surface area contributed by atoms with Gasteiger partial charge in [0.15, 0.2) is 0 Å². The molecule has 0 aliphatic carbocycles. The van der Waals surface area contributed by atoms with E-state index in [9.17, 15) is 0 Å². The Morgan fingerprint density at radius 2 is 2.11 bits per heavy atom. The maximum atomic E-state index is 6.28. The molecule has 0 aliphatic heterocycles. The third-order valence-electron chi connectivity index (χ3n) is 3.01. The summed E-state index contributed by atoms with van der Waals surface area (Å²) in [5, 5.41) is 12.4. The molecular weight excluding hydrogens is 270 g/mol. The minimum atomic E-state index is 0.164. The van der Waals surface area contributed by atoms with Crippen molar-refractivity contribution in [2.24, 2.45) is 7.05 Å². The topological polar surface area (TPSA) is 55.6 Å². The van der Waals surface area contributed by atoms with Crippen LogP contribution < -0.4 is 5.32 Å². The number of nitrogens with one attached hydrogen (secondary N) is 1. The third-order valence-corrected chi connectivity index (χ3v) is 4.44. The zero-order valence-electron chi connectivity index (χ0n) is 10.9. The van der Waals surface area contributed by atoms with Gasteiger partial charge in [0.2, 0.25) is 0 Å². The second-order valence-electron chi connectivity index (χ2n) is 4.24. The lowest BCUT2D eigenvalue weighted by molar-refractivity contribution is 0.566. The molecule has 5 nitrogen and oxygen atoms in total. The molecule has 7 heteroatoms. The summed E-state index contributed by atoms with van der Waals surface area (Å²) in [4.78, 5) is 1.15. The zero-order chi connectivity index (χ0) is 13.3. The van der Waals surface area contributed by atoms with Gasteiger partial charge in [0.25, 0.3) is 0 Å². The summed E-state index contributed by atoms with van der Waals surface area (Å²) >= 11 is 7.70. The van der Waals surface area contributed by atoms with Crippen LogP contribution in [0.1, 0.15) is 28.0 Å². The van der Waals surface area contributed by atoms with Gasteiger partial charge in [0.1, 0.15) is 0 Å². The van der Waals surface area contributed by atoms with E-state index in [-0.39, 0.29) is 6.04 Å². The van der Waals surface area contributed by atoms with Crippen LogP contribution in [0.15, 0.2) is 0 Å². The molecule has 1 atom stereocenters. The monoisotopic (exact) mass is 285 g/mol. The number of nitrogens with zero attached hydrogens (tertiary/aromatic N) is 4. The number of aromatic nitrogens is 4. The predicted octanol–water partition coefficient (Wildman–Crippen LogP) is 2.05. The van der Waals surface area contributed by atoms with Crippen LogP contribution in [-0.4, -0.2) is 26.4 Å². The molecule has 0 saturated heterocycles. The molecule has 98 valence electrons. The van der Waals surface area contributed by atoms with Crippen LogP contribution in [0.4, 0.5) is 0 Å². The van der Waals surface area contributed by atoms with Crippen LogP contribution in [0, 0.1) is 13.8 Å². The average Bonchev–Trinajstić information content (AvgIpc) is 2.84. The Labute approximate surface area is 115 Å². The Balaban J connectivity index is 2.29. The first kappa shape index (κ1) is 13.5. The van der Waals surface area contributed by atoms with E-state index in [0.29, 0.717) is 0 Å². The van der Waals surface area contributed by atoms with Gasteiger partial charge in [0, 0.05) is 13.5 Å². The summed E-state index contributed by atoms with van der Waals surface area (Å²) in [6.07, 6.45) is 0.775. The van der Waals surface area contributed by atoms with Crippen LogP contribution >= 0.6 is 23.1 Å². The van der Waals surface area contributed by atoms with E-state index in [4.69, 9.17) is 11.6 Å². The van der Waals surface area contributed by atoms with Crippen LogP contribution in [0.25, 0.3) is 0 Å². The van der Waals surface area contributed by atoms with Crippen LogP contribution in [0.2, 0.25) is 5.02 Å². The first-order chi connectivity index (χ1) is 8.54. The zero-order valence-corrected chi connectivity index (χ0v) is 12.4. The highest BCUT2D eigenvalue weighted by atomic mass is 35.5. The van der Waals surface area contributed by atoms with E-state index in [2.05, 4.69) is 20.0 Å². The van der Waals surface area contributed by atoms with Gasteiger partial charge in [0.05, 0.1) is 33.0 Å². The second kappa shape index (κ2) is 5.34. The first-order valence-electron chi connectivity index (χ1n) is 5.68. The van der Waals surface area contributed by atoms with Crippen LogP contribution in [0.3, 0.4) is 0 Å². The highest BCUT2D eigenvalue weighted by molar-refractivity contribution is 7.05. The fourth-order valence-electron chi connectivity index (χ4n) is 1.98. The van der Waals surface area contributed by atoms with Crippen molar-refractivity contribution in [2.45, 2.75) is 26.3 Å². The average molecular weight is 286 g/mol. The molecule has 1 unspecified atom stereocenters. The van der Waals surface area contributed by atoms with Gasteiger partial charge in [-0.2, -0.15) is 5.10 Å². The maximum absolute atomic E-state index is 6.28. The molecule has 0 spiro atoms. The smallest absolute Gasteiger partial charge is 0.0847 e. The first-order valence-corrected chi connectivity index (χ1v) is 6.83. The summed E-state index contributed by atoms with van der Waals surface area (Å²) in [6.45, 7) is 3.89. The van der Waals surface area contributed by atoms with Crippen molar-refractivity contribution in [2.75, 3.05) is 7.05 Å². The van der Waals surface area contributed by atoms with Gasteiger partial charge in [-0.15, -0.1) is 5.10 Å². The minimum Gasteiger partial charge on any atom is -0.312 e. The van der Waals surface area contributed by atoms with E-state index in [1.165, 1.54) is 11.5 Å². The van der Waals surface area contributed by atoms with Gasteiger partial charge in [-0.3, -0.25) is 4.68 Å². The molecule has 0 saturated carbocycles. The highest BCUT2D eigenvalue weighted by Crippen LogP contribution is 2.27. The van der Waals surface area contributed by atoms with Gasteiger partial charge >= 0.3 is 0 Å². The van der Waals surface area contributed by atoms with Crippen molar-refractivity contribution in [3.05, 3.63) is 27.0 Å². The van der Waals surface area contributed by atoms with E-state index in [1.54, 1.807) is 0 Å². The van der Waals surface area contributed by atoms with Crippen molar-refractivity contribution in [3.8, 4) is 0 Å². The molecule has 0 aliphatic rings. The molecule has 0 fully saturated rings. The van der Waals surface area contributed by atoms with Gasteiger partial charge in [-0.1, -0.05) is 16.1 Å². The van der Waals surface area contributed by atoms with Crippen molar-refractivity contribution in [1.82, 2.24) is 24.7 Å². The Kier molecular flexibility index (Phi) is 3.99. The number of aryl methyl sites for hydroxylation is 3. The molecular formula is C11H16ClN5S. The predicted molar refractivity (Wildman–Crippen MR) is 73.1 cm³/mol. The molecule has 1 N–H and O–H groups in total. The number of hydrogen-bond donors (Lipinski definition) is 1. The molecule has 0 amide bonds. The summed E-state index contributed by atoms with van der Waals surface area (Å²) in [5.74, 6) is 0. The lowest BCUT2D eigenvalue weighted by atomic mass is 10.1. The second-order valence-corrected chi connectivity index (χ2v) is 5.40.